The van der Waals surface area contributed by atoms with E-state index in [1.54, 1.807) is 17.1 Å². The molecule has 2 saturated heterocycles. The third kappa shape index (κ3) is 3.83. The lowest BCUT2D eigenvalue weighted by molar-refractivity contribution is -0.0647. The van der Waals surface area contributed by atoms with Crippen molar-refractivity contribution in [2.75, 3.05) is 13.2 Å². The summed E-state index contributed by atoms with van der Waals surface area (Å²) in [4.78, 5) is 16.2. The number of hydrogen-bond donors (Lipinski definition) is 3. The number of halogens is 1. The van der Waals surface area contributed by atoms with Crippen molar-refractivity contribution in [1.82, 2.24) is 29.7 Å². The van der Waals surface area contributed by atoms with Crippen molar-refractivity contribution in [3.63, 3.8) is 0 Å². The van der Waals surface area contributed by atoms with Crippen LogP contribution in [0.25, 0.3) is 39.2 Å². The van der Waals surface area contributed by atoms with Gasteiger partial charge in [0.15, 0.2) is 17.5 Å². The van der Waals surface area contributed by atoms with Crippen LogP contribution in [0.4, 0.5) is 0 Å². The number of aliphatic hydroxyl groups excluding tert-OH is 1. The van der Waals surface area contributed by atoms with Gasteiger partial charge in [-0.15, -0.1) is 0 Å². The zero-order valence-electron chi connectivity index (χ0n) is 19.9. The van der Waals surface area contributed by atoms with E-state index in [2.05, 4.69) is 25.0 Å². The number of nitrogens with zero attached hydrogens (tertiary/aromatic N) is 5. The van der Waals surface area contributed by atoms with Crippen LogP contribution in [-0.2, 0) is 9.47 Å². The molecule has 38 heavy (non-hydrogen) atoms. The Bertz CT molecular complexity index is 1610. The third-order valence-corrected chi connectivity index (χ3v) is 7.22. The number of rotatable bonds is 5. The van der Waals surface area contributed by atoms with Gasteiger partial charge in [0.25, 0.3) is 6.01 Å². The minimum Gasteiger partial charge on any atom is -0.454 e. The van der Waals surface area contributed by atoms with Crippen LogP contribution >= 0.6 is 11.6 Å². The van der Waals surface area contributed by atoms with Crippen molar-refractivity contribution in [2.45, 2.75) is 24.0 Å². The first-order valence-electron chi connectivity index (χ1n) is 12.0. The Hall–Kier alpha value is -3.87. The predicted molar refractivity (Wildman–Crippen MR) is 138 cm³/mol. The highest BCUT2D eigenvalue weighted by Crippen LogP contribution is 2.36. The number of aliphatic hydroxyl groups is 1. The van der Waals surface area contributed by atoms with Crippen LogP contribution < -0.4 is 10.5 Å². The topological polar surface area (TPSA) is 146 Å². The number of hydrogen-bond acceptors (Lipinski definition) is 9. The first-order valence-corrected chi connectivity index (χ1v) is 12.4. The molecule has 2 aliphatic rings. The molecule has 0 spiro atoms. The van der Waals surface area contributed by atoms with Crippen molar-refractivity contribution in [3.05, 3.63) is 72.3 Å². The number of nitrogens with two attached hydrogens (primary N) is 1. The molecule has 2 aromatic carbocycles. The smallest absolute Gasteiger partial charge is 0.296 e. The Labute approximate surface area is 221 Å². The molecular weight excluding hydrogens is 510 g/mol. The van der Waals surface area contributed by atoms with Crippen molar-refractivity contribution >= 4 is 22.8 Å². The molecule has 0 saturated carbocycles. The number of benzene rings is 2. The number of aromatic amines is 1. The molecule has 2 aliphatic heterocycles. The molecule has 11 nitrogen and oxygen atoms in total. The van der Waals surface area contributed by atoms with Crippen LogP contribution in [0.1, 0.15) is 0 Å². The van der Waals surface area contributed by atoms with Crippen LogP contribution in [0, 0.1) is 0 Å². The quantitative estimate of drug-likeness (QED) is 0.311. The largest absolute Gasteiger partial charge is 0.454 e. The first-order chi connectivity index (χ1) is 18.5. The van der Waals surface area contributed by atoms with E-state index in [1.165, 1.54) is 6.33 Å². The van der Waals surface area contributed by atoms with Crippen LogP contribution in [-0.4, -0.2) is 72.1 Å². The molecule has 4 N–H and O–H groups in total. The average molecular weight is 532 g/mol. The highest BCUT2D eigenvalue weighted by Gasteiger charge is 2.59. The van der Waals surface area contributed by atoms with Crippen molar-refractivity contribution in [3.8, 4) is 34.1 Å². The number of pyridine rings is 1. The standard InChI is InChI=1S/C26H22ClN7O4/c27-18-9-19-24(33-25(31-19)38-21-11-36-23-20(35)10-37-26(21,23)28)32-22(18)16-3-1-14(2-4-16)15-5-7-17(8-6-15)34-13-29-12-30-34/h1-9,12-13,20-21,23,35H,10-11,28H2,(H,31,32,33)/t20-,21-,23-,26-/m1/s1. The molecule has 0 bridgehead atoms. The van der Waals surface area contributed by atoms with E-state index >= 15 is 0 Å². The highest BCUT2D eigenvalue weighted by molar-refractivity contribution is 6.33. The monoisotopic (exact) mass is 531 g/mol. The Morgan fingerprint density at radius 2 is 1.79 bits per heavy atom. The second kappa shape index (κ2) is 8.86. The number of fused-ring (bicyclic) bond motifs is 2. The maximum absolute atomic E-state index is 10.0. The first kappa shape index (κ1) is 23.3. The zero-order valence-corrected chi connectivity index (χ0v) is 20.6. The van der Waals surface area contributed by atoms with Crippen LogP contribution in [0.5, 0.6) is 6.01 Å². The minimum absolute atomic E-state index is 0.0920. The average Bonchev–Trinajstić information content (AvgIpc) is 3.71. The Morgan fingerprint density at radius 1 is 1.05 bits per heavy atom. The van der Waals surface area contributed by atoms with Gasteiger partial charge in [0.05, 0.1) is 35.1 Å². The zero-order chi connectivity index (χ0) is 25.9. The van der Waals surface area contributed by atoms with Gasteiger partial charge < -0.3 is 24.3 Å². The summed E-state index contributed by atoms with van der Waals surface area (Å²) in [6.45, 7) is 0.263. The van der Waals surface area contributed by atoms with Crippen LogP contribution in [0.3, 0.4) is 0 Å². The van der Waals surface area contributed by atoms with Crippen LogP contribution in [0.2, 0.25) is 5.02 Å². The third-order valence-electron chi connectivity index (χ3n) is 6.93. The molecule has 192 valence electrons. The van der Waals surface area contributed by atoms with E-state index in [0.717, 1.165) is 22.4 Å². The molecule has 0 unspecified atom stereocenters. The molecule has 2 fully saturated rings. The minimum atomic E-state index is -1.24. The van der Waals surface area contributed by atoms with Gasteiger partial charge in [-0.2, -0.15) is 10.1 Å². The summed E-state index contributed by atoms with van der Waals surface area (Å²) < 4.78 is 18.9. The molecule has 4 atom stereocenters. The Balaban J connectivity index is 1.12. The van der Waals surface area contributed by atoms with E-state index in [4.69, 9.17) is 31.5 Å². The molecule has 0 amide bonds. The molecule has 7 rings (SSSR count). The van der Waals surface area contributed by atoms with E-state index in [0.29, 0.717) is 21.9 Å². The second-order valence-electron chi connectivity index (χ2n) is 9.29. The number of nitrogens with one attached hydrogen (secondary N) is 1. The Kier molecular flexibility index (Phi) is 5.42. The van der Waals surface area contributed by atoms with Crippen molar-refractivity contribution < 1.29 is 19.3 Å². The summed E-state index contributed by atoms with van der Waals surface area (Å²) in [5.41, 5.74) is 10.7. The van der Waals surface area contributed by atoms with Gasteiger partial charge >= 0.3 is 0 Å². The van der Waals surface area contributed by atoms with Gasteiger partial charge in [-0.3, -0.25) is 5.73 Å². The molecule has 5 heterocycles. The summed E-state index contributed by atoms with van der Waals surface area (Å²) >= 11 is 6.60. The maximum atomic E-state index is 10.0. The van der Waals surface area contributed by atoms with Gasteiger partial charge in [0.2, 0.25) is 0 Å². The summed E-state index contributed by atoms with van der Waals surface area (Å²) in [5, 5.41) is 14.6. The molecule has 5 aromatic rings. The fourth-order valence-electron chi connectivity index (χ4n) is 4.92. The van der Waals surface area contributed by atoms with Gasteiger partial charge in [-0.25, -0.2) is 14.6 Å². The summed E-state index contributed by atoms with van der Waals surface area (Å²) in [6, 6.07) is 18.0. The van der Waals surface area contributed by atoms with Gasteiger partial charge in [0, 0.05) is 5.56 Å². The van der Waals surface area contributed by atoms with E-state index < -0.39 is 24.0 Å². The Morgan fingerprint density at radius 3 is 2.53 bits per heavy atom. The molecule has 0 aliphatic carbocycles. The molecule has 3 aromatic heterocycles. The lowest BCUT2D eigenvalue weighted by atomic mass is 10.0. The molecule has 12 heteroatoms. The summed E-state index contributed by atoms with van der Waals surface area (Å²) in [6.07, 6.45) is 1.08. The van der Waals surface area contributed by atoms with Crippen molar-refractivity contribution in [2.24, 2.45) is 5.73 Å². The highest BCUT2D eigenvalue weighted by atomic mass is 35.5. The second-order valence-corrected chi connectivity index (χ2v) is 9.70. The normalized spacial score (nSPS) is 24.7. The van der Waals surface area contributed by atoms with E-state index in [-0.39, 0.29) is 19.2 Å². The summed E-state index contributed by atoms with van der Waals surface area (Å²) in [7, 11) is 0. The van der Waals surface area contributed by atoms with E-state index in [1.807, 2.05) is 48.5 Å². The number of imidazole rings is 1. The molecular formula is C26H22ClN7O4. The fourth-order valence-corrected chi connectivity index (χ4v) is 5.18. The van der Waals surface area contributed by atoms with Gasteiger partial charge in [-0.1, -0.05) is 48.0 Å². The number of aromatic nitrogens is 6. The van der Waals surface area contributed by atoms with E-state index in [9.17, 15) is 5.11 Å². The lowest BCUT2D eigenvalue weighted by Crippen LogP contribution is -2.57. The molecule has 0 radical (unpaired) electrons. The predicted octanol–water partition coefficient (Wildman–Crippen LogP) is 2.72. The van der Waals surface area contributed by atoms with Gasteiger partial charge in [0.1, 0.15) is 24.9 Å². The fraction of sp³-hybridized carbons (Fsp3) is 0.231. The SMILES string of the molecule is N[C@]12OC[C@@H](O)[C@H]1OC[C@H]2Oc1nc2nc(-c3ccc(-c4ccc(-n5cncn5)cc4)cc3)c(Cl)cc2[nH]1. The lowest BCUT2D eigenvalue weighted by Gasteiger charge is -2.27. The maximum Gasteiger partial charge on any atom is 0.296 e. The van der Waals surface area contributed by atoms with Crippen molar-refractivity contribution in [1.29, 1.82) is 0 Å². The summed E-state index contributed by atoms with van der Waals surface area (Å²) in [5.74, 6) is 0. The number of H-pyrrole nitrogens is 1. The van der Waals surface area contributed by atoms with Gasteiger partial charge in [-0.05, 0) is 29.3 Å². The number of ether oxygens (including phenoxy) is 3. The van der Waals surface area contributed by atoms with Crippen LogP contribution in [0.15, 0.2) is 67.3 Å².